The van der Waals surface area contributed by atoms with Crippen LogP contribution in [-0.4, -0.2) is 24.0 Å². The van der Waals surface area contributed by atoms with E-state index < -0.39 is 0 Å². The van der Waals surface area contributed by atoms with Crippen LogP contribution in [0.3, 0.4) is 0 Å². The highest BCUT2D eigenvalue weighted by Crippen LogP contribution is 2.21. The molecule has 1 fully saturated rings. The number of hydrogen-bond acceptors (Lipinski definition) is 1. The molecule has 2 amide bonds. The Morgan fingerprint density at radius 1 is 1.27 bits per heavy atom. The van der Waals surface area contributed by atoms with E-state index in [4.69, 9.17) is 0 Å². The van der Waals surface area contributed by atoms with E-state index in [2.05, 4.69) is 5.32 Å². The number of urea groups is 1. The number of amides is 2. The van der Waals surface area contributed by atoms with Gasteiger partial charge in [-0.15, -0.1) is 0 Å². The molecule has 0 radical (unpaired) electrons. The normalized spacial score (nSPS) is 17.0. The Labute approximate surface area is 92.5 Å². The smallest absolute Gasteiger partial charge is 0.321 e. The largest absolute Gasteiger partial charge is 0.325 e. The molecular formula is C12H22N2O. The van der Waals surface area contributed by atoms with Gasteiger partial charge in [0.15, 0.2) is 0 Å². The summed E-state index contributed by atoms with van der Waals surface area (Å²) in [7, 11) is 1.89. The second kappa shape index (κ2) is 5.79. The quantitative estimate of drug-likeness (QED) is 0.746. The molecule has 0 aliphatic heterocycles. The molecule has 86 valence electrons. The fraction of sp³-hybridized carbons (Fsp3) is 0.750. The second-order valence-electron chi connectivity index (χ2n) is 4.57. The summed E-state index contributed by atoms with van der Waals surface area (Å²) in [6, 6.07) is 0.451. The number of rotatable bonds is 2. The molecule has 0 bridgehead atoms. The number of hydrogen-bond donors (Lipinski definition) is 1. The standard InChI is InChI=1S/C12H22N2O/c1-10(2)9-13-12(15)14(3)11-7-5-4-6-8-11/h9,11H,4-8H2,1-3H3,(H,13,15). The molecule has 1 saturated carbocycles. The molecule has 1 aliphatic rings. The zero-order valence-electron chi connectivity index (χ0n) is 10.0. The van der Waals surface area contributed by atoms with Gasteiger partial charge in [-0.25, -0.2) is 4.79 Å². The number of nitrogens with zero attached hydrogens (tertiary/aromatic N) is 1. The number of carbonyl (C=O) groups excluding carboxylic acids is 1. The average molecular weight is 210 g/mol. The van der Waals surface area contributed by atoms with Gasteiger partial charge in [0.2, 0.25) is 0 Å². The van der Waals surface area contributed by atoms with Crippen molar-refractivity contribution in [3.8, 4) is 0 Å². The molecule has 0 aromatic carbocycles. The van der Waals surface area contributed by atoms with E-state index >= 15 is 0 Å². The summed E-state index contributed by atoms with van der Waals surface area (Å²) in [6.07, 6.45) is 7.90. The molecule has 0 spiro atoms. The zero-order chi connectivity index (χ0) is 11.3. The molecule has 0 aromatic heterocycles. The van der Waals surface area contributed by atoms with Crippen LogP contribution < -0.4 is 5.32 Å². The van der Waals surface area contributed by atoms with Crippen molar-refractivity contribution in [3.63, 3.8) is 0 Å². The van der Waals surface area contributed by atoms with E-state index in [-0.39, 0.29) is 6.03 Å². The zero-order valence-corrected chi connectivity index (χ0v) is 10.0. The van der Waals surface area contributed by atoms with Crippen LogP contribution in [-0.2, 0) is 0 Å². The SMILES string of the molecule is CC(C)=CNC(=O)N(C)C1CCCCC1. The molecule has 0 atom stereocenters. The van der Waals surface area contributed by atoms with Crippen LogP contribution in [0.1, 0.15) is 46.0 Å². The first-order valence-corrected chi connectivity index (χ1v) is 5.78. The summed E-state index contributed by atoms with van der Waals surface area (Å²) in [6.45, 7) is 3.95. The Kier molecular flexibility index (Phi) is 4.66. The van der Waals surface area contributed by atoms with Gasteiger partial charge in [-0.3, -0.25) is 0 Å². The van der Waals surface area contributed by atoms with E-state index in [9.17, 15) is 4.79 Å². The predicted octanol–water partition coefficient (Wildman–Crippen LogP) is 2.88. The molecule has 15 heavy (non-hydrogen) atoms. The second-order valence-corrected chi connectivity index (χ2v) is 4.57. The maximum atomic E-state index is 11.7. The summed E-state index contributed by atoms with van der Waals surface area (Å²) in [5.74, 6) is 0. The van der Waals surface area contributed by atoms with Gasteiger partial charge in [0.1, 0.15) is 0 Å². The summed E-state index contributed by atoms with van der Waals surface area (Å²) in [5, 5.41) is 2.80. The van der Waals surface area contributed by atoms with Gasteiger partial charge >= 0.3 is 6.03 Å². The number of nitrogens with one attached hydrogen (secondary N) is 1. The lowest BCUT2D eigenvalue weighted by molar-refractivity contribution is 0.177. The summed E-state index contributed by atoms with van der Waals surface area (Å²) in [4.78, 5) is 13.6. The maximum absolute atomic E-state index is 11.7. The van der Waals surface area contributed by atoms with Crippen molar-refractivity contribution in [1.29, 1.82) is 0 Å². The first-order chi connectivity index (χ1) is 7.11. The fourth-order valence-corrected chi connectivity index (χ4v) is 1.94. The summed E-state index contributed by atoms with van der Waals surface area (Å²) >= 11 is 0. The Morgan fingerprint density at radius 2 is 1.87 bits per heavy atom. The van der Waals surface area contributed by atoms with Crippen molar-refractivity contribution in [2.45, 2.75) is 52.0 Å². The van der Waals surface area contributed by atoms with Gasteiger partial charge in [0, 0.05) is 19.3 Å². The lowest BCUT2D eigenvalue weighted by atomic mass is 9.95. The molecule has 1 N–H and O–H groups in total. The van der Waals surface area contributed by atoms with E-state index in [1.807, 2.05) is 25.8 Å². The highest BCUT2D eigenvalue weighted by Gasteiger charge is 2.21. The van der Waals surface area contributed by atoms with Gasteiger partial charge in [-0.1, -0.05) is 24.8 Å². The van der Waals surface area contributed by atoms with E-state index in [1.54, 1.807) is 6.20 Å². The Morgan fingerprint density at radius 3 is 2.40 bits per heavy atom. The topological polar surface area (TPSA) is 32.3 Å². The summed E-state index contributed by atoms with van der Waals surface area (Å²) in [5.41, 5.74) is 1.11. The van der Waals surface area contributed by atoms with Crippen molar-refractivity contribution < 1.29 is 4.79 Å². The Balaban J connectivity index is 2.40. The molecule has 0 saturated heterocycles. The monoisotopic (exact) mass is 210 g/mol. The highest BCUT2D eigenvalue weighted by atomic mass is 16.2. The molecule has 0 aromatic rings. The van der Waals surface area contributed by atoms with E-state index in [1.165, 1.54) is 19.3 Å². The van der Waals surface area contributed by atoms with Gasteiger partial charge in [-0.05, 0) is 26.7 Å². The third kappa shape index (κ3) is 3.94. The van der Waals surface area contributed by atoms with Crippen LogP contribution >= 0.6 is 0 Å². The predicted molar refractivity (Wildman–Crippen MR) is 62.6 cm³/mol. The van der Waals surface area contributed by atoms with E-state index in [0.29, 0.717) is 6.04 Å². The number of carbonyl (C=O) groups is 1. The lowest BCUT2D eigenvalue weighted by Crippen LogP contribution is -2.42. The molecule has 0 heterocycles. The van der Waals surface area contributed by atoms with Gasteiger partial charge < -0.3 is 10.2 Å². The van der Waals surface area contributed by atoms with Crippen molar-refractivity contribution in [2.24, 2.45) is 0 Å². The van der Waals surface area contributed by atoms with Crippen LogP contribution in [0.25, 0.3) is 0 Å². The minimum absolute atomic E-state index is 0.0168. The highest BCUT2D eigenvalue weighted by molar-refractivity contribution is 5.75. The van der Waals surface area contributed by atoms with Crippen LogP contribution in [0.15, 0.2) is 11.8 Å². The molecular weight excluding hydrogens is 188 g/mol. The number of allylic oxidation sites excluding steroid dienone is 1. The fourth-order valence-electron chi connectivity index (χ4n) is 1.94. The van der Waals surface area contributed by atoms with Crippen LogP contribution in [0.5, 0.6) is 0 Å². The third-order valence-corrected chi connectivity index (χ3v) is 2.93. The lowest BCUT2D eigenvalue weighted by Gasteiger charge is -2.30. The van der Waals surface area contributed by atoms with Crippen molar-refractivity contribution in [2.75, 3.05) is 7.05 Å². The minimum atomic E-state index is 0.0168. The Hall–Kier alpha value is -0.990. The average Bonchev–Trinajstić information content (AvgIpc) is 2.26. The van der Waals surface area contributed by atoms with Crippen LogP contribution in [0.4, 0.5) is 4.79 Å². The molecule has 3 nitrogen and oxygen atoms in total. The van der Waals surface area contributed by atoms with Crippen LogP contribution in [0.2, 0.25) is 0 Å². The third-order valence-electron chi connectivity index (χ3n) is 2.93. The van der Waals surface area contributed by atoms with Crippen molar-refractivity contribution in [1.82, 2.24) is 10.2 Å². The first kappa shape index (κ1) is 12.1. The van der Waals surface area contributed by atoms with Crippen molar-refractivity contribution >= 4 is 6.03 Å². The van der Waals surface area contributed by atoms with Crippen LogP contribution in [0, 0.1) is 0 Å². The van der Waals surface area contributed by atoms with Gasteiger partial charge in [0.25, 0.3) is 0 Å². The Bertz CT molecular complexity index is 238. The molecule has 3 heteroatoms. The maximum Gasteiger partial charge on any atom is 0.321 e. The van der Waals surface area contributed by atoms with Gasteiger partial charge in [-0.2, -0.15) is 0 Å². The van der Waals surface area contributed by atoms with E-state index in [0.717, 1.165) is 18.4 Å². The minimum Gasteiger partial charge on any atom is -0.325 e. The molecule has 1 rings (SSSR count). The first-order valence-electron chi connectivity index (χ1n) is 5.78. The summed E-state index contributed by atoms with van der Waals surface area (Å²) < 4.78 is 0. The molecule has 0 unspecified atom stereocenters. The molecule has 1 aliphatic carbocycles. The van der Waals surface area contributed by atoms with Crippen molar-refractivity contribution in [3.05, 3.63) is 11.8 Å². The van der Waals surface area contributed by atoms with Gasteiger partial charge in [0.05, 0.1) is 0 Å².